The van der Waals surface area contributed by atoms with Crippen LogP contribution in [-0.4, -0.2) is 9.97 Å². The summed E-state index contributed by atoms with van der Waals surface area (Å²) in [5.74, 6) is 0. The SMILES string of the molecule is Nc1cccnc1-c1cscn1. The molecule has 0 atom stereocenters. The predicted molar refractivity (Wildman–Crippen MR) is 49.8 cm³/mol. The fraction of sp³-hybridized carbons (Fsp3) is 0. The van der Waals surface area contributed by atoms with Gasteiger partial charge in [-0.25, -0.2) is 4.98 Å². The van der Waals surface area contributed by atoms with Gasteiger partial charge in [0, 0.05) is 11.6 Å². The van der Waals surface area contributed by atoms with E-state index in [0.717, 1.165) is 11.4 Å². The molecule has 0 aliphatic rings. The van der Waals surface area contributed by atoms with Crippen molar-refractivity contribution < 1.29 is 0 Å². The Morgan fingerprint density at radius 1 is 1.33 bits per heavy atom. The van der Waals surface area contributed by atoms with Crippen molar-refractivity contribution in [2.24, 2.45) is 0 Å². The number of nitrogens with zero attached hydrogens (tertiary/aromatic N) is 2. The minimum Gasteiger partial charge on any atom is -0.397 e. The van der Waals surface area contributed by atoms with Crippen LogP contribution in [0.2, 0.25) is 0 Å². The predicted octanol–water partition coefficient (Wildman–Crippen LogP) is 1.79. The van der Waals surface area contributed by atoms with Crippen molar-refractivity contribution in [2.45, 2.75) is 0 Å². The molecule has 60 valence electrons. The largest absolute Gasteiger partial charge is 0.397 e. The molecule has 0 amide bonds. The number of pyridine rings is 1. The third-order valence-corrected chi connectivity index (χ3v) is 2.10. The van der Waals surface area contributed by atoms with E-state index in [0.29, 0.717) is 5.69 Å². The number of hydrogen-bond donors (Lipinski definition) is 1. The first kappa shape index (κ1) is 7.24. The molecule has 0 saturated carbocycles. The van der Waals surface area contributed by atoms with E-state index in [2.05, 4.69) is 9.97 Å². The third kappa shape index (κ3) is 1.16. The summed E-state index contributed by atoms with van der Waals surface area (Å²) in [6, 6.07) is 3.63. The lowest BCUT2D eigenvalue weighted by Crippen LogP contribution is -1.91. The molecule has 4 heteroatoms. The summed E-state index contributed by atoms with van der Waals surface area (Å²) < 4.78 is 0. The van der Waals surface area contributed by atoms with Crippen molar-refractivity contribution in [1.82, 2.24) is 9.97 Å². The molecule has 2 aromatic rings. The highest BCUT2D eigenvalue weighted by atomic mass is 32.1. The molecule has 0 fully saturated rings. The van der Waals surface area contributed by atoms with Crippen molar-refractivity contribution in [2.75, 3.05) is 5.73 Å². The molecule has 12 heavy (non-hydrogen) atoms. The van der Waals surface area contributed by atoms with Gasteiger partial charge < -0.3 is 5.73 Å². The monoisotopic (exact) mass is 177 g/mol. The average Bonchev–Trinajstić information content (AvgIpc) is 2.57. The highest BCUT2D eigenvalue weighted by Crippen LogP contribution is 2.21. The maximum absolute atomic E-state index is 5.71. The molecule has 2 heterocycles. The van der Waals surface area contributed by atoms with E-state index in [1.807, 2.05) is 17.5 Å². The lowest BCUT2D eigenvalue weighted by atomic mass is 10.2. The van der Waals surface area contributed by atoms with Gasteiger partial charge in [0.1, 0.15) is 11.4 Å². The highest BCUT2D eigenvalue weighted by molar-refractivity contribution is 7.07. The fourth-order valence-electron chi connectivity index (χ4n) is 0.961. The van der Waals surface area contributed by atoms with Crippen molar-refractivity contribution >= 4 is 17.0 Å². The number of nitrogen functional groups attached to an aromatic ring is 1. The number of hydrogen-bond acceptors (Lipinski definition) is 4. The highest BCUT2D eigenvalue weighted by Gasteiger charge is 2.03. The minimum atomic E-state index is 0.670. The third-order valence-electron chi connectivity index (χ3n) is 1.51. The van der Waals surface area contributed by atoms with Crippen LogP contribution in [0.1, 0.15) is 0 Å². The van der Waals surface area contributed by atoms with Crippen LogP contribution in [0, 0.1) is 0 Å². The lowest BCUT2D eigenvalue weighted by molar-refractivity contribution is 1.28. The molecule has 0 bridgehead atoms. The van der Waals surface area contributed by atoms with Crippen LogP contribution in [0.25, 0.3) is 11.4 Å². The summed E-state index contributed by atoms with van der Waals surface area (Å²) in [5.41, 5.74) is 9.76. The summed E-state index contributed by atoms with van der Waals surface area (Å²) >= 11 is 1.54. The van der Waals surface area contributed by atoms with Crippen LogP contribution in [0.5, 0.6) is 0 Å². The van der Waals surface area contributed by atoms with E-state index in [-0.39, 0.29) is 0 Å². The Balaban J connectivity index is 2.55. The van der Waals surface area contributed by atoms with Gasteiger partial charge in [0.15, 0.2) is 0 Å². The lowest BCUT2D eigenvalue weighted by Gasteiger charge is -1.98. The Labute approximate surface area is 73.9 Å². The van der Waals surface area contributed by atoms with Crippen LogP contribution in [0.15, 0.2) is 29.2 Å². The average molecular weight is 177 g/mol. The second-order valence-electron chi connectivity index (χ2n) is 2.31. The quantitative estimate of drug-likeness (QED) is 0.722. The molecule has 0 saturated heterocycles. The Hall–Kier alpha value is -1.42. The standard InChI is InChI=1S/C8H7N3S/c9-6-2-1-3-10-8(6)7-4-12-5-11-7/h1-5H,9H2. The number of nitrogens with two attached hydrogens (primary N) is 1. The summed E-state index contributed by atoms with van der Waals surface area (Å²) in [6.07, 6.45) is 1.71. The van der Waals surface area contributed by atoms with Crippen molar-refractivity contribution in [3.8, 4) is 11.4 Å². The Bertz CT molecular complexity index is 370. The smallest absolute Gasteiger partial charge is 0.112 e. The number of rotatable bonds is 1. The number of anilines is 1. The summed E-state index contributed by atoms with van der Waals surface area (Å²) in [7, 11) is 0. The molecule has 0 aliphatic heterocycles. The van der Waals surface area contributed by atoms with E-state index in [4.69, 9.17) is 5.73 Å². The first-order chi connectivity index (χ1) is 5.88. The Kier molecular flexibility index (Phi) is 1.75. The molecule has 2 aromatic heterocycles. The first-order valence-corrected chi connectivity index (χ1v) is 4.41. The topological polar surface area (TPSA) is 51.8 Å². The van der Waals surface area contributed by atoms with E-state index >= 15 is 0 Å². The number of aromatic nitrogens is 2. The van der Waals surface area contributed by atoms with Crippen molar-refractivity contribution in [3.63, 3.8) is 0 Å². The van der Waals surface area contributed by atoms with Crippen LogP contribution in [0.3, 0.4) is 0 Å². The van der Waals surface area contributed by atoms with Gasteiger partial charge in [-0.2, -0.15) is 0 Å². The van der Waals surface area contributed by atoms with Gasteiger partial charge in [-0.1, -0.05) is 0 Å². The summed E-state index contributed by atoms with van der Waals surface area (Å²) in [4.78, 5) is 8.26. The van der Waals surface area contributed by atoms with E-state index in [9.17, 15) is 0 Å². The van der Waals surface area contributed by atoms with Gasteiger partial charge in [0.25, 0.3) is 0 Å². The normalized spacial score (nSPS) is 10.0. The Morgan fingerprint density at radius 2 is 2.25 bits per heavy atom. The molecular weight excluding hydrogens is 170 g/mol. The molecule has 0 radical (unpaired) electrons. The van der Waals surface area contributed by atoms with Gasteiger partial charge >= 0.3 is 0 Å². The minimum absolute atomic E-state index is 0.670. The van der Waals surface area contributed by atoms with Crippen LogP contribution >= 0.6 is 11.3 Å². The molecule has 0 aromatic carbocycles. The summed E-state index contributed by atoms with van der Waals surface area (Å²) in [6.45, 7) is 0. The molecule has 0 unspecified atom stereocenters. The molecule has 3 nitrogen and oxygen atoms in total. The molecular formula is C8H7N3S. The number of thiazole rings is 1. The maximum Gasteiger partial charge on any atom is 0.112 e. The maximum atomic E-state index is 5.71. The zero-order chi connectivity index (χ0) is 8.39. The van der Waals surface area contributed by atoms with Gasteiger partial charge in [-0.05, 0) is 12.1 Å². The second kappa shape index (κ2) is 2.91. The zero-order valence-electron chi connectivity index (χ0n) is 6.27. The molecule has 0 spiro atoms. The van der Waals surface area contributed by atoms with Crippen LogP contribution < -0.4 is 5.73 Å². The fourth-order valence-corrected chi connectivity index (χ4v) is 1.50. The zero-order valence-corrected chi connectivity index (χ0v) is 7.08. The van der Waals surface area contributed by atoms with Crippen LogP contribution in [0.4, 0.5) is 5.69 Å². The van der Waals surface area contributed by atoms with E-state index in [1.165, 1.54) is 11.3 Å². The van der Waals surface area contributed by atoms with Gasteiger partial charge in [-0.15, -0.1) is 11.3 Å². The first-order valence-electron chi connectivity index (χ1n) is 3.47. The van der Waals surface area contributed by atoms with E-state index in [1.54, 1.807) is 11.7 Å². The van der Waals surface area contributed by atoms with E-state index < -0.39 is 0 Å². The second-order valence-corrected chi connectivity index (χ2v) is 3.03. The van der Waals surface area contributed by atoms with Crippen molar-refractivity contribution in [1.29, 1.82) is 0 Å². The molecule has 0 aliphatic carbocycles. The van der Waals surface area contributed by atoms with Crippen molar-refractivity contribution in [3.05, 3.63) is 29.2 Å². The molecule has 2 rings (SSSR count). The van der Waals surface area contributed by atoms with Crippen LogP contribution in [-0.2, 0) is 0 Å². The van der Waals surface area contributed by atoms with Gasteiger partial charge in [0.2, 0.25) is 0 Å². The van der Waals surface area contributed by atoms with Gasteiger partial charge in [-0.3, -0.25) is 4.98 Å². The Morgan fingerprint density at radius 3 is 2.92 bits per heavy atom. The van der Waals surface area contributed by atoms with Gasteiger partial charge in [0.05, 0.1) is 11.2 Å². The summed E-state index contributed by atoms with van der Waals surface area (Å²) in [5, 5.41) is 1.93. The molecule has 2 N–H and O–H groups in total.